The highest BCUT2D eigenvalue weighted by atomic mass is 16.1. The Bertz CT molecular complexity index is 87.1. The molecule has 3 heteroatoms. The normalized spacial score (nSPS) is 29.1. The van der Waals surface area contributed by atoms with E-state index in [9.17, 15) is 4.79 Å². The predicted octanol–water partition coefficient (Wildman–Crippen LogP) is -0.848. The number of nitrogens with zero attached hydrogens (tertiary/aromatic N) is 1. The summed E-state index contributed by atoms with van der Waals surface area (Å²) < 4.78 is 0. The van der Waals surface area contributed by atoms with Crippen LogP contribution in [0.3, 0.4) is 0 Å². The van der Waals surface area contributed by atoms with Crippen LogP contribution < -0.4 is 10.6 Å². The van der Waals surface area contributed by atoms with Gasteiger partial charge in [-0.2, -0.15) is 0 Å². The second-order valence-electron chi connectivity index (χ2n) is 2.17. The lowest BCUT2D eigenvalue weighted by Crippen LogP contribution is -2.31. The molecule has 1 atom stereocenters. The first-order valence-corrected chi connectivity index (χ1v) is 3.26. The highest BCUT2D eigenvalue weighted by molar-refractivity contribution is 5.57. The van der Waals surface area contributed by atoms with E-state index >= 15 is 0 Å². The highest BCUT2D eigenvalue weighted by Crippen LogP contribution is 1.86. The van der Waals surface area contributed by atoms with Crippen LogP contribution in [0.4, 0.5) is 0 Å². The average molecular weight is 127 g/mol. The van der Waals surface area contributed by atoms with Gasteiger partial charge in [0, 0.05) is 13.1 Å². The zero-order valence-electron chi connectivity index (χ0n) is 5.34. The summed E-state index contributed by atoms with van der Waals surface area (Å²) in [7, 11) is 0. The van der Waals surface area contributed by atoms with Gasteiger partial charge in [-0.05, 0) is 13.0 Å². The van der Waals surface area contributed by atoms with Gasteiger partial charge in [0.15, 0.2) is 0 Å². The fourth-order valence-corrected chi connectivity index (χ4v) is 0.867. The van der Waals surface area contributed by atoms with Crippen molar-refractivity contribution in [1.82, 2.24) is 10.6 Å². The Labute approximate surface area is 54.8 Å². The monoisotopic (exact) mass is 127 g/mol. The van der Waals surface area contributed by atoms with Crippen molar-refractivity contribution >= 4 is 6.29 Å². The van der Waals surface area contributed by atoms with Crippen LogP contribution in [-0.2, 0) is 4.79 Å². The lowest BCUT2D eigenvalue weighted by molar-refractivity contribution is -0.109. The SMILES string of the molecule is O=CC1CNCCC[N]1. The van der Waals surface area contributed by atoms with E-state index in [0.717, 1.165) is 32.3 Å². The standard InChI is InChI=1S/C6H11N2O/c9-5-6-4-7-2-1-3-8-6/h5-7H,1-4H2. The molecule has 1 aliphatic heterocycles. The summed E-state index contributed by atoms with van der Waals surface area (Å²) in [4.78, 5) is 10.2. The predicted molar refractivity (Wildman–Crippen MR) is 34.3 cm³/mol. The van der Waals surface area contributed by atoms with Crippen LogP contribution in [0.2, 0.25) is 0 Å². The van der Waals surface area contributed by atoms with E-state index in [4.69, 9.17) is 0 Å². The second-order valence-corrected chi connectivity index (χ2v) is 2.17. The molecule has 9 heavy (non-hydrogen) atoms. The van der Waals surface area contributed by atoms with Gasteiger partial charge in [-0.1, -0.05) is 0 Å². The third-order valence-corrected chi connectivity index (χ3v) is 1.39. The average Bonchev–Trinajstić information content (AvgIpc) is 2.13. The lowest BCUT2D eigenvalue weighted by Gasteiger charge is -2.03. The quantitative estimate of drug-likeness (QED) is 0.466. The molecule has 0 amide bonds. The van der Waals surface area contributed by atoms with Crippen molar-refractivity contribution in [2.75, 3.05) is 19.6 Å². The number of hydrogen-bond donors (Lipinski definition) is 1. The van der Waals surface area contributed by atoms with E-state index in [2.05, 4.69) is 10.6 Å². The van der Waals surface area contributed by atoms with E-state index in [-0.39, 0.29) is 6.04 Å². The fourth-order valence-electron chi connectivity index (χ4n) is 0.867. The number of aldehydes is 1. The van der Waals surface area contributed by atoms with Crippen molar-refractivity contribution in [1.29, 1.82) is 0 Å². The van der Waals surface area contributed by atoms with Gasteiger partial charge in [0.1, 0.15) is 6.29 Å². The van der Waals surface area contributed by atoms with Crippen molar-refractivity contribution in [3.8, 4) is 0 Å². The molecule has 1 aliphatic rings. The number of carbonyl (C=O) groups excluding carboxylic acids is 1. The molecule has 1 unspecified atom stereocenters. The number of carbonyl (C=O) groups is 1. The molecular formula is C6H11N2O. The molecule has 1 N–H and O–H groups in total. The fraction of sp³-hybridized carbons (Fsp3) is 0.833. The summed E-state index contributed by atoms with van der Waals surface area (Å²) in [6.07, 6.45) is 1.96. The van der Waals surface area contributed by atoms with E-state index in [1.807, 2.05) is 0 Å². The number of rotatable bonds is 1. The number of nitrogens with one attached hydrogen (secondary N) is 1. The molecule has 0 saturated carbocycles. The van der Waals surface area contributed by atoms with Crippen LogP contribution in [0.15, 0.2) is 0 Å². The van der Waals surface area contributed by atoms with Crippen molar-refractivity contribution in [3.05, 3.63) is 0 Å². The molecule has 0 aliphatic carbocycles. The first-order valence-electron chi connectivity index (χ1n) is 3.26. The Morgan fingerprint density at radius 1 is 1.67 bits per heavy atom. The third-order valence-electron chi connectivity index (χ3n) is 1.39. The largest absolute Gasteiger partial charge is 0.315 e. The molecule has 0 aromatic carbocycles. The van der Waals surface area contributed by atoms with Gasteiger partial charge >= 0.3 is 0 Å². The Hall–Kier alpha value is -0.410. The highest BCUT2D eigenvalue weighted by Gasteiger charge is 2.09. The molecule has 0 bridgehead atoms. The van der Waals surface area contributed by atoms with Gasteiger partial charge in [-0.15, -0.1) is 0 Å². The van der Waals surface area contributed by atoms with E-state index < -0.39 is 0 Å². The molecule has 1 rings (SSSR count). The minimum atomic E-state index is -0.0903. The zero-order valence-corrected chi connectivity index (χ0v) is 5.34. The maximum absolute atomic E-state index is 10.2. The van der Waals surface area contributed by atoms with Gasteiger partial charge < -0.3 is 10.1 Å². The van der Waals surface area contributed by atoms with Crippen LogP contribution >= 0.6 is 0 Å². The Kier molecular flexibility index (Phi) is 2.67. The molecule has 0 aromatic rings. The summed E-state index contributed by atoms with van der Waals surface area (Å²) in [5.74, 6) is 0. The molecule has 0 spiro atoms. The van der Waals surface area contributed by atoms with Gasteiger partial charge in [-0.25, -0.2) is 5.32 Å². The summed E-state index contributed by atoms with van der Waals surface area (Å²) in [6, 6.07) is -0.0903. The molecule has 1 fully saturated rings. The van der Waals surface area contributed by atoms with Crippen molar-refractivity contribution in [3.63, 3.8) is 0 Å². The minimum absolute atomic E-state index is 0.0903. The van der Waals surface area contributed by atoms with Crippen LogP contribution in [-0.4, -0.2) is 32.0 Å². The topological polar surface area (TPSA) is 43.2 Å². The van der Waals surface area contributed by atoms with E-state index in [0.29, 0.717) is 0 Å². The van der Waals surface area contributed by atoms with E-state index in [1.165, 1.54) is 0 Å². The molecule has 51 valence electrons. The van der Waals surface area contributed by atoms with Crippen molar-refractivity contribution in [2.45, 2.75) is 12.5 Å². The van der Waals surface area contributed by atoms with Gasteiger partial charge in [0.05, 0.1) is 6.04 Å². The van der Waals surface area contributed by atoms with Crippen LogP contribution in [0.25, 0.3) is 0 Å². The summed E-state index contributed by atoms with van der Waals surface area (Å²) >= 11 is 0. The minimum Gasteiger partial charge on any atom is -0.315 e. The van der Waals surface area contributed by atoms with Crippen LogP contribution in [0.1, 0.15) is 6.42 Å². The zero-order chi connectivity index (χ0) is 6.53. The molecule has 1 radical (unpaired) electrons. The Balaban J connectivity index is 2.26. The van der Waals surface area contributed by atoms with Gasteiger partial charge in [0.25, 0.3) is 0 Å². The van der Waals surface area contributed by atoms with Crippen LogP contribution in [0.5, 0.6) is 0 Å². The first kappa shape index (κ1) is 6.71. The molecular weight excluding hydrogens is 116 g/mol. The Morgan fingerprint density at radius 3 is 3.33 bits per heavy atom. The Morgan fingerprint density at radius 2 is 2.56 bits per heavy atom. The van der Waals surface area contributed by atoms with Crippen molar-refractivity contribution < 1.29 is 4.79 Å². The maximum atomic E-state index is 10.2. The van der Waals surface area contributed by atoms with Gasteiger partial charge in [-0.3, -0.25) is 0 Å². The number of hydrogen-bond acceptors (Lipinski definition) is 2. The molecule has 0 aromatic heterocycles. The first-order chi connectivity index (χ1) is 4.43. The lowest BCUT2D eigenvalue weighted by atomic mass is 10.3. The second kappa shape index (κ2) is 3.58. The van der Waals surface area contributed by atoms with Crippen LogP contribution in [0, 0.1) is 0 Å². The molecule has 1 heterocycles. The summed E-state index contributed by atoms with van der Waals surface area (Å²) in [6.45, 7) is 2.55. The maximum Gasteiger partial charge on any atom is 0.139 e. The molecule has 3 nitrogen and oxygen atoms in total. The van der Waals surface area contributed by atoms with Gasteiger partial charge in [0.2, 0.25) is 0 Å². The van der Waals surface area contributed by atoms with E-state index in [1.54, 1.807) is 0 Å². The third kappa shape index (κ3) is 2.11. The molecule has 1 saturated heterocycles. The summed E-state index contributed by atoms with van der Waals surface area (Å²) in [5, 5.41) is 7.23. The van der Waals surface area contributed by atoms with Crippen molar-refractivity contribution in [2.24, 2.45) is 0 Å². The summed E-state index contributed by atoms with van der Waals surface area (Å²) in [5.41, 5.74) is 0. The smallest absolute Gasteiger partial charge is 0.139 e.